The number of ether oxygens (including phenoxy) is 1. The topological polar surface area (TPSA) is 66.4 Å². The van der Waals surface area contributed by atoms with Crippen LogP contribution in [0.25, 0.3) is 17.0 Å². The number of nitrogens with one attached hydrogen (secondary N) is 1. The maximum atomic E-state index is 5.45. The second-order valence-electron chi connectivity index (χ2n) is 9.76. The number of pyridine rings is 1. The number of nitrogens with zero attached hydrogens (tertiary/aromatic N) is 4. The number of aryl methyl sites for hydroxylation is 1. The fraction of sp³-hybridized carbons (Fsp3) is 0.273. The smallest absolute Gasteiger partial charge is 0.0919 e. The summed E-state index contributed by atoms with van der Waals surface area (Å²) in [7, 11) is 0. The maximum Gasteiger partial charge on any atom is 0.0919 e. The van der Waals surface area contributed by atoms with Crippen LogP contribution in [0.2, 0.25) is 0 Å². The minimum atomic E-state index is 0.806. The van der Waals surface area contributed by atoms with Crippen molar-refractivity contribution in [3.63, 3.8) is 0 Å². The minimum Gasteiger partial charge on any atom is -0.379 e. The van der Waals surface area contributed by atoms with E-state index in [1.165, 1.54) is 0 Å². The Morgan fingerprint density at radius 3 is 2.92 bits per heavy atom. The number of aromatic nitrogens is 3. The monoisotopic (exact) mass is 517 g/mol. The largest absolute Gasteiger partial charge is 0.379 e. The molecule has 39 heavy (non-hydrogen) atoms. The number of morpholine rings is 1. The Morgan fingerprint density at radius 2 is 2.10 bits per heavy atom. The van der Waals surface area contributed by atoms with E-state index in [0.717, 1.165) is 102 Å². The van der Waals surface area contributed by atoms with E-state index in [-0.39, 0.29) is 0 Å². The molecule has 0 atom stereocenters. The molecule has 6 heteroatoms. The summed E-state index contributed by atoms with van der Waals surface area (Å²) in [5, 5.41) is 7.46. The highest BCUT2D eigenvalue weighted by atomic mass is 16.5. The van der Waals surface area contributed by atoms with Gasteiger partial charge in [0, 0.05) is 54.8 Å². The van der Waals surface area contributed by atoms with Gasteiger partial charge in [0.1, 0.15) is 0 Å². The Labute approximate surface area is 230 Å². The molecule has 198 valence electrons. The Bertz CT molecular complexity index is 1480. The van der Waals surface area contributed by atoms with Crippen LogP contribution < -0.4 is 0 Å². The van der Waals surface area contributed by atoms with Crippen molar-refractivity contribution >= 4 is 11.8 Å². The second-order valence-corrected chi connectivity index (χ2v) is 9.76. The lowest BCUT2D eigenvalue weighted by molar-refractivity contribution is 0.0384. The highest BCUT2D eigenvalue weighted by molar-refractivity contribution is 5.89. The summed E-state index contributed by atoms with van der Waals surface area (Å²) < 4.78 is 5.45. The molecule has 2 aromatic heterocycles. The number of allylic oxidation sites excluding steroid dienone is 11. The van der Waals surface area contributed by atoms with Gasteiger partial charge in [-0.25, -0.2) is 0 Å². The standard InChI is InChI=1S/C33H35N5O/c1-4-26(22-34-24(2)16-17-38-18-20-39-21-19-38)29-10-6-5-9-27-12-13-28(14-15-30(27)29)31-23-35-37-33(31)32-11-7-8-25(3)36-32/h4,6-13,15,22-23H,2,5,16-21H2,1,3H3,(H,35,37)/b26-4+,34-22?. The van der Waals surface area contributed by atoms with Crippen LogP contribution in [-0.4, -0.2) is 59.1 Å². The van der Waals surface area contributed by atoms with Crippen molar-refractivity contribution in [1.29, 1.82) is 0 Å². The molecular weight excluding hydrogens is 482 g/mol. The van der Waals surface area contributed by atoms with Crippen molar-refractivity contribution in [2.45, 2.75) is 26.7 Å². The Hall–Kier alpha value is -4.09. The summed E-state index contributed by atoms with van der Waals surface area (Å²) in [4.78, 5) is 11.8. The van der Waals surface area contributed by atoms with E-state index >= 15 is 0 Å². The molecule has 1 fully saturated rings. The Balaban J connectivity index is 1.42. The van der Waals surface area contributed by atoms with Crippen molar-refractivity contribution in [1.82, 2.24) is 20.1 Å². The molecule has 1 N–H and O–H groups in total. The maximum absolute atomic E-state index is 5.45. The zero-order valence-corrected chi connectivity index (χ0v) is 22.8. The van der Waals surface area contributed by atoms with Gasteiger partial charge in [0.2, 0.25) is 0 Å². The van der Waals surface area contributed by atoms with Gasteiger partial charge in [0.05, 0.1) is 30.8 Å². The molecule has 0 bridgehead atoms. The van der Waals surface area contributed by atoms with E-state index < -0.39 is 0 Å². The molecule has 2 aliphatic carbocycles. The molecule has 1 saturated heterocycles. The predicted octanol–water partition coefficient (Wildman–Crippen LogP) is 6.32. The van der Waals surface area contributed by atoms with Gasteiger partial charge in [-0.3, -0.25) is 20.0 Å². The molecule has 2 aromatic rings. The summed E-state index contributed by atoms with van der Waals surface area (Å²) in [5.41, 5.74) is 13.5. The average molecular weight is 518 g/mol. The summed E-state index contributed by atoms with van der Waals surface area (Å²) >= 11 is 0. The van der Waals surface area contributed by atoms with Gasteiger partial charge in [-0.15, -0.1) is 5.73 Å². The molecule has 0 amide bonds. The van der Waals surface area contributed by atoms with Gasteiger partial charge in [0.25, 0.3) is 0 Å². The minimum absolute atomic E-state index is 0.806. The van der Waals surface area contributed by atoms with Crippen LogP contribution in [0.5, 0.6) is 0 Å². The number of aromatic amines is 1. The SMILES string of the molecule is C=C(CCN1CCOCC1)N=C/C(=C\C)C1=C2C=C=C(c3cn[nH]c3-c3cccc(C)n3)C=CC2=CCC=C1. The zero-order chi connectivity index (χ0) is 27.0. The van der Waals surface area contributed by atoms with E-state index in [0.29, 0.717) is 0 Å². The lowest BCUT2D eigenvalue weighted by atomic mass is 9.95. The number of hydrogen-bond acceptors (Lipinski definition) is 5. The van der Waals surface area contributed by atoms with Crippen LogP contribution in [0.15, 0.2) is 112 Å². The Kier molecular flexibility index (Phi) is 8.59. The van der Waals surface area contributed by atoms with Gasteiger partial charge in [-0.2, -0.15) is 5.10 Å². The number of fused-ring (bicyclic) bond motifs is 1. The third kappa shape index (κ3) is 6.50. The predicted molar refractivity (Wildman–Crippen MR) is 159 cm³/mol. The highest BCUT2D eigenvalue weighted by Gasteiger charge is 2.16. The Morgan fingerprint density at radius 1 is 1.23 bits per heavy atom. The van der Waals surface area contributed by atoms with Crippen LogP contribution in [0, 0.1) is 6.92 Å². The number of hydrogen-bond donors (Lipinski definition) is 1. The molecule has 0 radical (unpaired) electrons. The molecule has 6 nitrogen and oxygen atoms in total. The average Bonchev–Trinajstić information content (AvgIpc) is 3.24. The van der Waals surface area contributed by atoms with Gasteiger partial charge < -0.3 is 4.74 Å². The fourth-order valence-electron chi connectivity index (χ4n) is 4.85. The van der Waals surface area contributed by atoms with Gasteiger partial charge >= 0.3 is 0 Å². The van der Waals surface area contributed by atoms with Crippen LogP contribution in [0.1, 0.15) is 31.0 Å². The van der Waals surface area contributed by atoms with Crippen LogP contribution in [-0.2, 0) is 4.74 Å². The quantitative estimate of drug-likeness (QED) is 0.329. The molecule has 5 rings (SSSR count). The molecule has 3 aliphatic rings. The summed E-state index contributed by atoms with van der Waals surface area (Å²) in [5.74, 6) is 0. The van der Waals surface area contributed by atoms with Crippen molar-refractivity contribution < 1.29 is 4.74 Å². The zero-order valence-electron chi connectivity index (χ0n) is 22.8. The number of aliphatic imine (C=N–C) groups is 1. The molecule has 0 unspecified atom stereocenters. The van der Waals surface area contributed by atoms with Gasteiger partial charge in [0.15, 0.2) is 0 Å². The van der Waals surface area contributed by atoms with Crippen LogP contribution in [0.3, 0.4) is 0 Å². The normalized spacial score (nSPS) is 18.2. The first-order valence-corrected chi connectivity index (χ1v) is 13.5. The molecule has 0 aromatic carbocycles. The molecule has 3 heterocycles. The molecule has 1 aliphatic heterocycles. The summed E-state index contributed by atoms with van der Waals surface area (Å²) in [6.45, 7) is 12.8. The number of rotatable bonds is 8. The molecule has 0 spiro atoms. The number of H-pyrrole nitrogens is 1. The lowest BCUT2D eigenvalue weighted by Crippen LogP contribution is -2.36. The van der Waals surface area contributed by atoms with E-state index in [2.05, 4.69) is 81.8 Å². The van der Waals surface area contributed by atoms with Gasteiger partial charge in [-0.05, 0) is 66.8 Å². The third-order valence-electron chi connectivity index (χ3n) is 7.06. The van der Waals surface area contributed by atoms with Crippen molar-refractivity contribution in [2.75, 3.05) is 32.8 Å². The first kappa shape index (κ1) is 26.5. The van der Waals surface area contributed by atoms with Crippen molar-refractivity contribution in [2.24, 2.45) is 4.99 Å². The summed E-state index contributed by atoms with van der Waals surface area (Å²) in [6.07, 6.45) is 20.6. The van der Waals surface area contributed by atoms with Crippen LogP contribution >= 0.6 is 0 Å². The second kappa shape index (κ2) is 12.6. The summed E-state index contributed by atoms with van der Waals surface area (Å²) in [6, 6.07) is 6.01. The first-order valence-electron chi connectivity index (χ1n) is 13.5. The van der Waals surface area contributed by atoms with E-state index in [9.17, 15) is 0 Å². The van der Waals surface area contributed by atoms with E-state index in [1.807, 2.05) is 37.5 Å². The molecular formula is C33H35N5O. The fourth-order valence-corrected chi connectivity index (χ4v) is 4.85. The lowest BCUT2D eigenvalue weighted by Gasteiger charge is -2.26. The van der Waals surface area contributed by atoms with Crippen molar-refractivity contribution in [3.8, 4) is 11.4 Å². The third-order valence-corrected chi connectivity index (χ3v) is 7.06. The van der Waals surface area contributed by atoms with E-state index in [4.69, 9.17) is 9.73 Å². The molecule has 0 saturated carbocycles. The first-order chi connectivity index (χ1) is 19.1. The van der Waals surface area contributed by atoms with E-state index in [1.54, 1.807) is 0 Å². The van der Waals surface area contributed by atoms with Gasteiger partial charge in [-0.1, -0.05) is 43.0 Å². The van der Waals surface area contributed by atoms with Crippen molar-refractivity contribution in [3.05, 3.63) is 118 Å². The highest BCUT2D eigenvalue weighted by Crippen LogP contribution is 2.32. The van der Waals surface area contributed by atoms with Crippen LogP contribution in [0.4, 0.5) is 0 Å².